The zero-order valence-corrected chi connectivity index (χ0v) is 24.2. The van der Waals surface area contributed by atoms with Crippen molar-refractivity contribution in [2.24, 2.45) is 11.8 Å². The second-order valence-electron chi connectivity index (χ2n) is 11.8. The van der Waals surface area contributed by atoms with Gasteiger partial charge >= 0.3 is 0 Å². The van der Waals surface area contributed by atoms with E-state index < -0.39 is 0 Å². The van der Waals surface area contributed by atoms with Gasteiger partial charge in [-0.1, -0.05) is 201 Å². The molecule has 0 saturated carbocycles. The Kier molecular flexibility index (Phi) is 28.2. The van der Waals surface area contributed by atoms with Crippen molar-refractivity contribution in [2.75, 3.05) is 0 Å². The molecule has 2 unspecified atom stereocenters. The first-order chi connectivity index (χ1) is 16.2. The van der Waals surface area contributed by atoms with Gasteiger partial charge in [-0.2, -0.15) is 0 Å². The van der Waals surface area contributed by atoms with Crippen molar-refractivity contribution in [3.8, 4) is 0 Å². The summed E-state index contributed by atoms with van der Waals surface area (Å²) in [5.74, 6) is 1.91. The molecule has 0 aromatic rings. The summed E-state index contributed by atoms with van der Waals surface area (Å²) >= 11 is 0. The lowest BCUT2D eigenvalue weighted by atomic mass is 9.92. The molecule has 33 heavy (non-hydrogen) atoms. The van der Waals surface area contributed by atoms with Gasteiger partial charge in [-0.25, -0.2) is 0 Å². The number of hydrogen-bond acceptors (Lipinski definition) is 0. The van der Waals surface area contributed by atoms with E-state index in [9.17, 15) is 0 Å². The second kappa shape index (κ2) is 28.2. The third-order valence-electron chi connectivity index (χ3n) is 7.99. The average molecular weight is 465 g/mol. The summed E-state index contributed by atoms with van der Waals surface area (Å²) in [7, 11) is 0. The highest BCUT2D eigenvalue weighted by molar-refractivity contribution is 4.59. The molecule has 0 fully saturated rings. The van der Waals surface area contributed by atoms with Gasteiger partial charge in [0.15, 0.2) is 0 Å². The molecule has 0 bridgehead atoms. The standard InChI is InChI=1S/C33H68/c1-5-7-9-11-13-15-16-17-18-19-20-22-24-26-29-33(4)31-27-30-32(3)28-25-23-21-14-12-10-8-6-2/h32-33H,5-31H2,1-4H3. The molecule has 0 aliphatic heterocycles. The van der Waals surface area contributed by atoms with Crippen molar-refractivity contribution in [1.82, 2.24) is 0 Å². The van der Waals surface area contributed by atoms with Crippen molar-refractivity contribution in [3.63, 3.8) is 0 Å². The van der Waals surface area contributed by atoms with E-state index in [4.69, 9.17) is 0 Å². The second-order valence-corrected chi connectivity index (χ2v) is 11.8. The molecule has 0 rings (SSSR count). The van der Waals surface area contributed by atoms with Crippen LogP contribution >= 0.6 is 0 Å². The van der Waals surface area contributed by atoms with Crippen LogP contribution in [0.1, 0.15) is 201 Å². The van der Waals surface area contributed by atoms with Gasteiger partial charge in [0, 0.05) is 0 Å². The summed E-state index contributed by atoms with van der Waals surface area (Å²) < 4.78 is 0. The van der Waals surface area contributed by atoms with Crippen LogP contribution in [0.5, 0.6) is 0 Å². The van der Waals surface area contributed by atoms with Crippen LogP contribution in [0.2, 0.25) is 0 Å². The van der Waals surface area contributed by atoms with E-state index in [1.165, 1.54) is 173 Å². The Morgan fingerprint density at radius 2 is 0.485 bits per heavy atom. The van der Waals surface area contributed by atoms with E-state index in [2.05, 4.69) is 27.7 Å². The van der Waals surface area contributed by atoms with Crippen LogP contribution in [-0.2, 0) is 0 Å². The van der Waals surface area contributed by atoms with Crippen molar-refractivity contribution >= 4 is 0 Å². The number of rotatable bonds is 28. The molecule has 0 aromatic heterocycles. The zero-order chi connectivity index (χ0) is 24.2. The van der Waals surface area contributed by atoms with Crippen LogP contribution < -0.4 is 0 Å². The molecule has 0 heterocycles. The van der Waals surface area contributed by atoms with Crippen LogP contribution in [0.15, 0.2) is 0 Å². The summed E-state index contributed by atoms with van der Waals surface area (Å²) in [4.78, 5) is 0. The van der Waals surface area contributed by atoms with Crippen molar-refractivity contribution in [1.29, 1.82) is 0 Å². The lowest BCUT2D eigenvalue weighted by Gasteiger charge is -2.14. The Morgan fingerprint density at radius 3 is 0.758 bits per heavy atom. The van der Waals surface area contributed by atoms with Gasteiger partial charge in [0.05, 0.1) is 0 Å². The Hall–Kier alpha value is 0. The molecule has 0 aliphatic carbocycles. The lowest BCUT2D eigenvalue weighted by Crippen LogP contribution is -1.99. The summed E-state index contributed by atoms with van der Waals surface area (Å²) in [5, 5.41) is 0. The monoisotopic (exact) mass is 465 g/mol. The Morgan fingerprint density at radius 1 is 0.273 bits per heavy atom. The normalized spacial score (nSPS) is 13.5. The molecule has 0 radical (unpaired) electrons. The summed E-state index contributed by atoms with van der Waals surface area (Å²) in [6.45, 7) is 9.62. The first kappa shape index (κ1) is 33.0. The molecule has 0 saturated heterocycles. The maximum absolute atomic E-state index is 2.51. The first-order valence-corrected chi connectivity index (χ1v) is 16.2. The lowest BCUT2D eigenvalue weighted by molar-refractivity contribution is 0.390. The van der Waals surface area contributed by atoms with E-state index in [1.807, 2.05) is 0 Å². The summed E-state index contributed by atoms with van der Waals surface area (Å²) in [6.07, 6.45) is 39.6. The van der Waals surface area contributed by atoms with Crippen molar-refractivity contribution in [2.45, 2.75) is 201 Å². The van der Waals surface area contributed by atoms with E-state index in [-0.39, 0.29) is 0 Å². The Balaban J connectivity index is 3.26. The first-order valence-electron chi connectivity index (χ1n) is 16.2. The van der Waals surface area contributed by atoms with Crippen LogP contribution in [0.3, 0.4) is 0 Å². The van der Waals surface area contributed by atoms with Crippen molar-refractivity contribution < 1.29 is 0 Å². The predicted octanol–water partition coefficient (Wildman–Crippen LogP) is 12.8. The van der Waals surface area contributed by atoms with Crippen LogP contribution in [-0.4, -0.2) is 0 Å². The molecule has 0 aromatic carbocycles. The molecule has 200 valence electrons. The third-order valence-corrected chi connectivity index (χ3v) is 7.99. The smallest absolute Gasteiger partial charge is 0.0443 e. The largest absolute Gasteiger partial charge is 0.0654 e. The molecule has 0 aliphatic rings. The molecular weight excluding hydrogens is 396 g/mol. The van der Waals surface area contributed by atoms with E-state index in [0.717, 1.165) is 11.8 Å². The molecule has 0 N–H and O–H groups in total. The highest BCUT2D eigenvalue weighted by Crippen LogP contribution is 2.22. The quantitative estimate of drug-likeness (QED) is 0.101. The molecule has 2 atom stereocenters. The fraction of sp³-hybridized carbons (Fsp3) is 1.00. The minimum absolute atomic E-state index is 0.956. The highest BCUT2D eigenvalue weighted by atomic mass is 14.1. The number of unbranched alkanes of at least 4 members (excludes halogenated alkanes) is 20. The molecule has 0 nitrogen and oxygen atoms in total. The van der Waals surface area contributed by atoms with Gasteiger partial charge in [0.25, 0.3) is 0 Å². The SMILES string of the molecule is CCCCCCCCCCCCCCCCC(C)CCCC(C)CCCCCCCCCC. The van der Waals surface area contributed by atoms with Gasteiger partial charge < -0.3 is 0 Å². The van der Waals surface area contributed by atoms with Crippen LogP contribution in [0, 0.1) is 11.8 Å². The molecular formula is C33H68. The average Bonchev–Trinajstić information content (AvgIpc) is 2.81. The summed E-state index contributed by atoms with van der Waals surface area (Å²) in [5.41, 5.74) is 0. The molecule has 0 amide bonds. The van der Waals surface area contributed by atoms with Gasteiger partial charge in [-0.3, -0.25) is 0 Å². The predicted molar refractivity (Wildman–Crippen MR) is 154 cm³/mol. The third kappa shape index (κ3) is 28.1. The molecule has 0 spiro atoms. The minimum atomic E-state index is 0.956. The highest BCUT2D eigenvalue weighted by Gasteiger charge is 2.06. The van der Waals surface area contributed by atoms with Gasteiger partial charge in [0.2, 0.25) is 0 Å². The van der Waals surface area contributed by atoms with Crippen LogP contribution in [0.25, 0.3) is 0 Å². The zero-order valence-electron chi connectivity index (χ0n) is 24.2. The van der Waals surface area contributed by atoms with Gasteiger partial charge in [-0.05, 0) is 11.8 Å². The Labute approximate surface area is 212 Å². The van der Waals surface area contributed by atoms with Crippen LogP contribution in [0.4, 0.5) is 0 Å². The van der Waals surface area contributed by atoms with E-state index in [1.54, 1.807) is 0 Å². The maximum Gasteiger partial charge on any atom is -0.0443 e. The van der Waals surface area contributed by atoms with Crippen molar-refractivity contribution in [3.05, 3.63) is 0 Å². The Bertz CT molecular complexity index is 333. The van der Waals surface area contributed by atoms with Gasteiger partial charge in [0.1, 0.15) is 0 Å². The maximum atomic E-state index is 2.51. The van der Waals surface area contributed by atoms with E-state index >= 15 is 0 Å². The summed E-state index contributed by atoms with van der Waals surface area (Å²) in [6, 6.07) is 0. The van der Waals surface area contributed by atoms with Gasteiger partial charge in [-0.15, -0.1) is 0 Å². The number of hydrogen-bond donors (Lipinski definition) is 0. The molecule has 0 heteroatoms. The topological polar surface area (TPSA) is 0 Å². The van der Waals surface area contributed by atoms with E-state index in [0.29, 0.717) is 0 Å². The minimum Gasteiger partial charge on any atom is -0.0654 e. The fourth-order valence-corrected chi connectivity index (χ4v) is 5.42. The fourth-order valence-electron chi connectivity index (χ4n) is 5.42.